The molecule has 1 aromatic carbocycles. The van der Waals surface area contributed by atoms with Gasteiger partial charge in [-0.15, -0.1) is 15.3 Å². The molecule has 1 aliphatic carbocycles. The molecule has 3 aromatic rings. The van der Waals surface area contributed by atoms with Gasteiger partial charge in [0.1, 0.15) is 11.8 Å². The van der Waals surface area contributed by atoms with Gasteiger partial charge in [-0.1, -0.05) is 29.1 Å². The van der Waals surface area contributed by atoms with Crippen molar-refractivity contribution in [3.05, 3.63) is 40.9 Å². The van der Waals surface area contributed by atoms with E-state index in [9.17, 15) is 4.79 Å². The highest BCUT2D eigenvalue weighted by Crippen LogP contribution is 2.37. The Morgan fingerprint density at radius 3 is 2.95 bits per heavy atom. The van der Waals surface area contributed by atoms with Crippen molar-refractivity contribution >= 4 is 22.7 Å². The third-order valence-corrected chi connectivity index (χ3v) is 4.35. The van der Waals surface area contributed by atoms with Crippen LogP contribution in [0.2, 0.25) is 0 Å². The molecule has 0 spiro atoms. The summed E-state index contributed by atoms with van der Waals surface area (Å²) in [7, 11) is 0. The van der Waals surface area contributed by atoms with Crippen molar-refractivity contribution in [2.45, 2.75) is 29.9 Å². The number of thioether (sulfide) groups is 1. The summed E-state index contributed by atoms with van der Waals surface area (Å²) in [6.45, 7) is 0. The van der Waals surface area contributed by atoms with Gasteiger partial charge in [-0.3, -0.25) is 4.79 Å². The van der Waals surface area contributed by atoms with Gasteiger partial charge in [0, 0.05) is 6.04 Å². The van der Waals surface area contributed by atoms with E-state index in [1.54, 1.807) is 18.5 Å². The second-order valence-corrected chi connectivity index (χ2v) is 5.85. The van der Waals surface area contributed by atoms with Gasteiger partial charge in [0.25, 0.3) is 5.56 Å². The summed E-state index contributed by atoms with van der Waals surface area (Å²) >= 11 is 1.45. The molecule has 0 unspecified atom stereocenters. The Kier molecular flexibility index (Phi) is 2.95. The minimum Gasteiger partial charge on any atom is -0.305 e. The number of rotatable bonds is 4. The van der Waals surface area contributed by atoms with Crippen LogP contribution < -0.4 is 5.56 Å². The summed E-state index contributed by atoms with van der Waals surface area (Å²) in [4.78, 5) is 12.3. The number of nitrogens with zero attached hydrogens (tertiary/aromatic N) is 6. The third kappa shape index (κ3) is 2.31. The van der Waals surface area contributed by atoms with E-state index in [1.807, 2.05) is 12.1 Å². The Morgan fingerprint density at radius 1 is 1.24 bits per heavy atom. The maximum Gasteiger partial charge on any atom is 0.278 e. The van der Waals surface area contributed by atoms with Crippen LogP contribution in [0.4, 0.5) is 0 Å². The predicted octanol–water partition coefficient (Wildman–Crippen LogP) is 1.47. The topological polar surface area (TPSA) is 78.5 Å². The average Bonchev–Trinajstić information content (AvgIpc) is 3.26. The van der Waals surface area contributed by atoms with E-state index in [1.165, 1.54) is 29.3 Å². The molecule has 2 heterocycles. The molecule has 0 N–H and O–H groups in total. The second kappa shape index (κ2) is 4.96. The van der Waals surface area contributed by atoms with Crippen molar-refractivity contribution in [1.29, 1.82) is 0 Å². The number of hydrogen-bond acceptors (Lipinski definition) is 6. The lowest BCUT2D eigenvalue weighted by Crippen LogP contribution is -2.23. The van der Waals surface area contributed by atoms with E-state index in [0.717, 1.165) is 5.16 Å². The summed E-state index contributed by atoms with van der Waals surface area (Å²) < 4.78 is 3.42. The highest BCUT2D eigenvalue weighted by Gasteiger charge is 2.26. The maximum atomic E-state index is 12.3. The minimum absolute atomic E-state index is 0.134. The monoisotopic (exact) mass is 300 g/mol. The number of hydrogen-bond donors (Lipinski definition) is 0. The molecule has 8 heteroatoms. The molecule has 0 atom stereocenters. The molecule has 2 aromatic heterocycles. The quantitative estimate of drug-likeness (QED) is 0.679. The molecule has 1 saturated carbocycles. The van der Waals surface area contributed by atoms with Crippen LogP contribution in [0.1, 0.15) is 18.9 Å². The molecular weight excluding hydrogens is 288 g/mol. The average molecular weight is 300 g/mol. The van der Waals surface area contributed by atoms with Crippen molar-refractivity contribution < 1.29 is 0 Å². The number of benzene rings is 1. The fraction of sp³-hybridized carbons (Fsp3) is 0.308. The fourth-order valence-corrected chi connectivity index (χ4v) is 3.02. The van der Waals surface area contributed by atoms with Gasteiger partial charge in [0.05, 0.1) is 11.3 Å². The van der Waals surface area contributed by atoms with Crippen LogP contribution in [0.25, 0.3) is 10.9 Å². The molecule has 0 saturated heterocycles. The Balaban J connectivity index is 1.61. The van der Waals surface area contributed by atoms with E-state index in [2.05, 4.69) is 25.1 Å². The lowest BCUT2D eigenvalue weighted by atomic mass is 10.2. The van der Waals surface area contributed by atoms with E-state index in [-0.39, 0.29) is 5.56 Å². The first kappa shape index (κ1) is 12.5. The highest BCUT2D eigenvalue weighted by molar-refractivity contribution is 7.98. The molecule has 1 fully saturated rings. The van der Waals surface area contributed by atoms with E-state index >= 15 is 0 Å². The maximum absolute atomic E-state index is 12.3. The largest absolute Gasteiger partial charge is 0.305 e. The van der Waals surface area contributed by atoms with E-state index < -0.39 is 0 Å². The lowest BCUT2D eigenvalue weighted by Gasteiger charge is -2.05. The van der Waals surface area contributed by atoms with Crippen LogP contribution in [0.15, 0.2) is 40.5 Å². The van der Waals surface area contributed by atoms with Crippen LogP contribution in [-0.4, -0.2) is 29.8 Å². The summed E-state index contributed by atoms with van der Waals surface area (Å²) in [5, 5.41) is 17.5. The van der Waals surface area contributed by atoms with Crippen molar-refractivity contribution in [1.82, 2.24) is 29.8 Å². The summed E-state index contributed by atoms with van der Waals surface area (Å²) in [5.74, 6) is 0.377. The zero-order valence-corrected chi connectivity index (χ0v) is 11.9. The normalized spacial score (nSPS) is 14.7. The fourth-order valence-electron chi connectivity index (χ4n) is 2.17. The molecular formula is C13H12N6OS. The zero-order valence-electron chi connectivity index (χ0n) is 11.1. The molecule has 0 radical (unpaired) electrons. The first-order valence-corrected chi connectivity index (χ1v) is 7.66. The van der Waals surface area contributed by atoms with Gasteiger partial charge < -0.3 is 4.57 Å². The summed E-state index contributed by atoms with van der Waals surface area (Å²) in [5.41, 5.74) is 0.482. The van der Waals surface area contributed by atoms with Crippen molar-refractivity contribution in [2.24, 2.45) is 0 Å². The van der Waals surface area contributed by atoms with E-state index in [4.69, 9.17) is 0 Å². The zero-order chi connectivity index (χ0) is 14.2. The SMILES string of the molecule is O=c1c2ccccc2nnn1CSc1nncn1C1CC1. The van der Waals surface area contributed by atoms with Crippen LogP contribution in [0.5, 0.6) is 0 Å². The first-order chi connectivity index (χ1) is 10.3. The summed E-state index contributed by atoms with van der Waals surface area (Å²) in [6.07, 6.45) is 4.08. The Morgan fingerprint density at radius 2 is 2.10 bits per heavy atom. The Hall–Kier alpha value is -2.22. The van der Waals surface area contributed by atoms with Gasteiger partial charge >= 0.3 is 0 Å². The molecule has 0 amide bonds. The van der Waals surface area contributed by atoms with Crippen LogP contribution in [-0.2, 0) is 5.88 Å². The number of fused-ring (bicyclic) bond motifs is 1. The van der Waals surface area contributed by atoms with Crippen molar-refractivity contribution in [3.8, 4) is 0 Å². The molecule has 21 heavy (non-hydrogen) atoms. The molecule has 4 rings (SSSR count). The Labute approximate surface area is 124 Å². The minimum atomic E-state index is -0.134. The van der Waals surface area contributed by atoms with Crippen molar-refractivity contribution in [2.75, 3.05) is 0 Å². The van der Waals surface area contributed by atoms with Crippen LogP contribution >= 0.6 is 11.8 Å². The van der Waals surface area contributed by atoms with Gasteiger partial charge in [0.15, 0.2) is 5.16 Å². The van der Waals surface area contributed by atoms with Crippen LogP contribution in [0, 0.1) is 0 Å². The van der Waals surface area contributed by atoms with Gasteiger partial charge in [0.2, 0.25) is 0 Å². The highest BCUT2D eigenvalue weighted by atomic mass is 32.2. The number of aromatic nitrogens is 6. The smallest absolute Gasteiger partial charge is 0.278 e. The first-order valence-electron chi connectivity index (χ1n) is 6.68. The standard InChI is InChI=1S/C13H12N6OS/c20-12-10-3-1-2-4-11(10)15-17-19(12)8-21-13-16-14-7-18(13)9-5-6-9/h1-4,7,9H,5-6,8H2. The molecule has 106 valence electrons. The summed E-state index contributed by atoms with van der Waals surface area (Å²) in [6, 6.07) is 7.73. The lowest BCUT2D eigenvalue weighted by molar-refractivity contribution is 0.632. The van der Waals surface area contributed by atoms with Gasteiger partial charge in [-0.05, 0) is 25.0 Å². The van der Waals surface area contributed by atoms with Crippen LogP contribution in [0.3, 0.4) is 0 Å². The molecule has 0 bridgehead atoms. The predicted molar refractivity (Wildman–Crippen MR) is 77.9 cm³/mol. The van der Waals surface area contributed by atoms with Gasteiger partial charge in [-0.2, -0.15) is 4.68 Å². The van der Waals surface area contributed by atoms with Gasteiger partial charge in [-0.25, -0.2) is 0 Å². The molecule has 1 aliphatic rings. The van der Waals surface area contributed by atoms with E-state index in [0.29, 0.717) is 22.8 Å². The second-order valence-electron chi connectivity index (χ2n) is 4.94. The third-order valence-electron chi connectivity index (χ3n) is 3.43. The molecule has 7 nitrogen and oxygen atoms in total. The molecule has 0 aliphatic heterocycles. The Bertz CT molecular complexity index is 853. The van der Waals surface area contributed by atoms with Crippen molar-refractivity contribution in [3.63, 3.8) is 0 Å².